The minimum absolute atomic E-state index is 0.0223. The molecule has 0 aliphatic rings. The monoisotopic (exact) mass is 287 g/mol. The van der Waals surface area contributed by atoms with Gasteiger partial charge in [0.25, 0.3) is 0 Å². The van der Waals surface area contributed by atoms with Gasteiger partial charge in [-0.1, -0.05) is 24.3 Å². The van der Waals surface area contributed by atoms with E-state index < -0.39 is 4.92 Å². The van der Waals surface area contributed by atoms with E-state index >= 15 is 0 Å². The highest BCUT2D eigenvalue weighted by Gasteiger charge is 2.14. The molecule has 0 atom stereocenters. The standard InChI is InChI=1S/C16H17NO4/c1-12-7-8-16(14(11-12)17(18)19)21-10-9-20-15-6-4-3-5-13(15)2/h3-8,11H,9-10H2,1-2H3. The van der Waals surface area contributed by atoms with Gasteiger partial charge in [0.05, 0.1) is 4.92 Å². The zero-order valence-corrected chi connectivity index (χ0v) is 12.0. The third-order valence-corrected chi connectivity index (χ3v) is 3.00. The molecule has 0 aliphatic heterocycles. The van der Waals surface area contributed by atoms with E-state index in [9.17, 15) is 10.1 Å². The molecule has 21 heavy (non-hydrogen) atoms. The predicted octanol–water partition coefficient (Wildman–Crippen LogP) is 3.67. The zero-order chi connectivity index (χ0) is 15.2. The number of hydrogen-bond acceptors (Lipinski definition) is 4. The summed E-state index contributed by atoms with van der Waals surface area (Å²) < 4.78 is 11.0. The Balaban J connectivity index is 1.92. The molecule has 0 heterocycles. The van der Waals surface area contributed by atoms with Crippen LogP contribution < -0.4 is 9.47 Å². The lowest BCUT2D eigenvalue weighted by molar-refractivity contribution is -0.385. The average Bonchev–Trinajstić information content (AvgIpc) is 2.46. The van der Waals surface area contributed by atoms with Crippen molar-refractivity contribution in [1.29, 1.82) is 0 Å². The molecule has 0 N–H and O–H groups in total. The van der Waals surface area contributed by atoms with Gasteiger partial charge < -0.3 is 9.47 Å². The first-order valence-electron chi connectivity index (χ1n) is 6.64. The Morgan fingerprint density at radius 2 is 1.67 bits per heavy atom. The van der Waals surface area contributed by atoms with Gasteiger partial charge in [0.2, 0.25) is 0 Å². The molecule has 0 spiro atoms. The molecule has 0 saturated carbocycles. The van der Waals surface area contributed by atoms with Crippen LogP contribution in [0.15, 0.2) is 42.5 Å². The summed E-state index contributed by atoms with van der Waals surface area (Å²) >= 11 is 0. The molecule has 0 amide bonds. The van der Waals surface area contributed by atoms with Crippen LogP contribution in [0.4, 0.5) is 5.69 Å². The topological polar surface area (TPSA) is 61.6 Å². The molecule has 0 saturated heterocycles. The van der Waals surface area contributed by atoms with Gasteiger partial charge >= 0.3 is 5.69 Å². The smallest absolute Gasteiger partial charge is 0.311 e. The number of nitro benzene ring substituents is 1. The van der Waals surface area contributed by atoms with Crippen molar-refractivity contribution in [2.24, 2.45) is 0 Å². The quantitative estimate of drug-likeness (QED) is 0.462. The van der Waals surface area contributed by atoms with Crippen LogP contribution in [0.25, 0.3) is 0 Å². The van der Waals surface area contributed by atoms with E-state index in [2.05, 4.69) is 0 Å². The summed E-state index contributed by atoms with van der Waals surface area (Å²) in [6.07, 6.45) is 0. The maximum absolute atomic E-state index is 11.0. The number of nitrogens with zero attached hydrogens (tertiary/aromatic N) is 1. The Hall–Kier alpha value is -2.56. The number of nitro groups is 1. The van der Waals surface area contributed by atoms with E-state index in [-0.39, 0.29) is 18.0 Å². The van der Waals surface area contributed by atoms with Gasteiger partial charge in [-0.3, -0.25) is 10.1 Å². The summed E-state index contributed by atoms with van der Waals surface area (Å²) in [5.41, 5.74) is 1.84. The first-order valence-corrected chi connectivity index (χ1v) is 6.64. The Labute approximate surface area is 123 Å². The number of ether oxygens (including phenoxy) is 2. The number of aryl methyl sites for hydroxylation is 2. The maximum atomic E-state index is 11.0. The molecule has 2 aromatic carbocycles. The highest BCUT2D eigenvalue weighted by atomic mass is 16.6. The van der Waals surface area contributed by atoms with Crippen LogP contribution in [0, 0.1) is 24.0 Å². The lowest BCUT2D eigenvalue weighted by Crippen LogP contribution is -2.10. The molecule has 110 valence electrons. The second-order valence-electron chi connectivity index (χ2n) is 4.69. The van der Waals surface area contributed by atoms with E-state index in [4.69, 9.17) is 9.47 Å². The van der Waals surface area contributed by atoms with E-state index in [0.717, 1.165) is 16.9 Å². The van der Waals surface area contributed by atoms with Crippen LogP contribution in [0.1, 0.15) is 11.1 Å². The van der Waals surface area contributed by atoms with Crippen molar-refractivity contribution in [3.05, 3.63) is 63.7 Å². The van der Waals surface area contributed by atoms with Crippen molar-refractivity contribution in [1.82, 2.24) is 0 Å². The fourth-order valence-corrected chi connectivity index (χ4v) is 1.91. The number of benzene rings is 2. The van der Waals surface area contributed by atoms with Gasteiger partial charge in [0.1, 0.15) is 19.0 Å². The second-order valence-corrected chi connectivity index (χ2v) is 4.69. The number of para-hydroxylation sites is 1. The summed E-state index contributed by atoms with van der Waals surface area (Å²) in [4.78, 5) is 10.5. The van der Waals surface area contributed by atoms with Gasteiger partial charge in [-0.15, -0.1) is 0 Å². The fraction of sp³-hybridized carbons (Fsp3) is 0.250. The summed E-state index contributed by atoms with van der Waals surface area (Å²) in [5, 5.41) is 11.0. The number of rotatable bonds is 6. The highest BCUT2D eigenvalue weighted by Crippen LogP contribution is 2.27. The predicted molar refractivity (Wildman–Crippen MR) is 80.0 cm³/mol. The number of hydrogen-bond donors (Lipinski definition) is 0. The van der Waals surface area contributed by atoms with Crippen LogP contribution in [0.5, 0.6) is 11.5 Å². The molecular formula is C16H17NO4. The SMILES string of the molecule is Cc1ccc(OCCOc2ccccc2C)c([N+](=O)[O-])c1. The summed E-state index contributed by atoms with van der Waals surface area (Å²) in [7, 11) is 0. The third kappa shape index (κ3) is 3.95. The van der Waals surface area contributed by atoms with Crippen molar-refractivity contribution < 1.29 is 14.4 Å². The van der Waals surface area contributed by atoms with Gasteiger partial charge in [-0.05, 0) is 37.1 Å². The minimum Gasteiger partial charge on any atom is -0.490 e. The van der Waals surface area contributed by atoms with Crippen LogP contribution in [0.2, 0.25) is 0 Å². The summed E-state index contributed by atoms with van der Waals surface area (Å²) in [6.45, 7) is 4.34. The van der Waals surface area contributed by atoms with Crippen molar-refractivity contribution in [2.75, 3.05) is 13.2 Å². The minimum atomic E-state index is -0.440. The van der Waals surface area contributed by atoms with Gasteiger partial charge in [-0.2, -0.15) is 0 Å². The Bertz CT molecular complexity index is 640. The van der Waals surface area contributed by atoms with Crippen molar-refractivity contribution in [3.8, 4) is 11.5 Å². The largest absolute Gasteiger partial charge is 0.490 e. The zero-order valence-electron chi connectivity index (χ0n) is 12.0. The van der Waals surface area contributed by atoms with E-state index in [1.807, 2.05) is 31.2 Å². The molecule has 0 aliphatic carbocycles. The Morgan fingerprint density at radius 3 is 2.33 bits per heavy atom. The van der Waals surface area contributed by atoms with E-state index in [0.29, 0.717) is 6.61 Å². The molecule has 2 aromatic rings. The van der Waals surface area contributed by atoms with Crippen LogP contribution in [0.3, 0.4) is 0 Å². The lowest BCUT2D eigenvalue weighted by Gasteiger charge is -2.10. The average molecular weight is 287 g/mol. The van der Waals surface area contributed by atoms with Crippen LogP contribution in [-0.2, 0) is 0 Å². The van der Waals surface area contributed by atoms with Gasteiger partial charge in [-0.25, -0.2) is 0 Å². The second kappa shape index (κ2) is 6.74. The Kier molecular flexibility index (Phi) is 4.77. The molecular weight excluding hydrogens is 270 g/mol. The fourth-order valence-electron chi connectivity index (χ4n) is 1.91. The highest BCUT2D eigenvalue weighted by molar-refractivity contribution is 5.48. The van der Waals surface area contributed by atoms with Crippen molar-refractivity contribution in [3.63, 3.8) is 0 Å². The summed E-state index contributed by atoms with van der Waals surface area (Å²) in [6, 6.07) is 12.6. The van der Waals surface area contributed by atoms with Crippen LogP contribution in [-0.4, -0.2) is 18.1 Å². The molecule has 0 bridgehead atoms. The molecule has 5 heteroatoms. The first kappa shape index (κ1) is 14.8. The maximum Gasteiger partial charge on any atom is 0.311 e. The van der Waals surface area contributed by atoms with Crippen molar-refractivity contribution in [2.45, 2.75) is 13.8 Å². The summed E-state index contributed by atoms with van der Waals surface area (Å²) in [5.74, 6) is 1.05. The molecule has 0 unspecified atom stereocenters. The molecule has 2 rings (SSSR count). The molecule has 5 nitrogen and oxygen atoms in total. The molecule has 0 fully saturated rings. The molecule has 0 radical (unpaired) electrons. The lowest BCUT2D eigenvalue weighted by atomic mass is 10.2. The van der Waals surface area contributed by atoms with Gasteiger partial charge in [0, 0.05) is 6.07 Å². The van der Waals surface area contributed by atoms with E-state index in [1.54, 1.807) is 19.1 Å². The molecule has 0 aromatic heterocycles. The Morgan fingerprint density at radius 1 is 1.00 bits per heavy atom. The van der Waals surface area contributed by atoms with E-state index in [1.165, 1.54) is 6.07 Å². The van der Waals surface area contributed by atoms with Gasteiger partial charge in [0.15, 0.2) is 5.75 Å². The van der Waals surface area contributed by atoms with Crippen molar-refractivity contribution >= 4 is 5.69 Å². The normalized spacial score (nSPS) is 10.2. The first-order chi connectivity index (χ1) is 10.1. The van der Waals surface area contributed by atoms with Crippen LogP contribution >= 0.6 is 0 Å². The third-order valence-electron chi connectivity index (χ3n) is 3.00.